The second-order valence-corrected chi connectivity index (χ2v) is 9.83. The molecule has 0 spiro atoms. The molecular formula is C7H20NO9P3. The summed E-state index contributed by atoms with van der Waals surface area (Å²) in [6.07, 6.45) is -1.15. The van der Waals surface area contributed by atoms with Crippen LogP contribution in [-0.2, 0) is 13.7 Å². The third-order valence-electron chi connectivity index (χ3n) is 2.64. The lowest BCUT2D eigenvalue weighted by molar-refractivity contribution is 0.329. The van der Waals surface area contributed by atoms with Crippen LogP contribution in [0.1, 0.15) is 19.8 Å². The summed E-state index contributed by atoms with van der Waals surface area (Å²) in [4.78, 5) is 53.5. The Morgan fingerprint density at radius 2 is 1.45 bits per heavy atom. The smallest absolute Gasteiger partial charge is 0.324 e. The summed E-state index contributed by atoms with van der Waals surface area (Å²) in [5.41, 5.74) is -1.12. The molecule has 0 aromatic heterocycles. The van der Waals surface area contributed by atoms with E-state index in [0.29, 0.717) is 0 Å². The first-order valence-corrected chi connectivity index (χ1v) is 10.8. The predicted molar refractivity (Wildman–Crippen MR) is 71.5 cm³/mol. The van der Waals surface area contributed by atoms with Crippen molar-refractivity contribution < 1.29 is 43.1 Å². The van der Waals surface area contributed by atoms with Crippen LogP contribution in [0.25, 0.3) is 0 Å². The molecule has 0 heterocycles. The molecule has 0 aromatic carbocycles. The van der Waals surface area contributed by atoms with Crippen molar-refractivity contribution in [2.45, 2.75) is 31.2 Å². The molecule has 0 rings (SSSR count). The Bertz CT molecular complexity index is 437. The van der Waals surface area contributed by atoms with Gasteiger partial charge in [-0.3, -0.25) is 13.7 Å². The highest BCUT2D eigenvalue weighted by Crippen LogP contribution is 2.46. The molecule has 0 saturated heterocycles. The lowest BCUT2D eigenvalue weighted by Gasteiger charge is -2.23. The van der Waals surface area contributed by atoms with Crippen LogP contribution >= 0.6 is 22.8 Å². The zero-order chi connectivity index (χ0) is 16.2. The van der Waals surface area contributed by atoms with Gasteiger partial charge in [0, 0.05) is 6.54 Å². The maximum atomic E-state index is 11.2. The Morgan fingerprint density at radius 3 is 1.75 bits per heavy atom. The van der Waals surface area contributed by atoms with E-state index in [-0.39, 0.29) is 13.0 Å². The fraction of sp³-hybridized carbons (Fsp3) is 1.00. The van der Waals surface area contributed by atoms with Crippen molar-refractivity contribution in [3.8, 4) is 0 Å². The van der Waals surface area contributed by atoms with E-state index in [0.717, 1.165) is 0 Å². The first kappa shape index (κ1) is 20.4. The SMILES string of the molecule is CCC(CNC(CCP(=O)(O)O)P(=O)(O)O)P(=O)(O)O. The first-order chi connectivity index (χ1) is 8.77. The van der Waals surface area contributed by atoms with Crippen molar-refractivity contribution in [3.05, 3.63) is 0 Å². The maximum Gasteiger partial charge on any atom is 0.342 e. The number of nitrogens with one attached hydrogen (secondary N) is 1. The van der Waals surface area contributed by atoms with Crippen molar-refractivity contribution in [2.75, 3.05) is 12.7 Å². The highest BCUT2D eigenvalue weighted by molar-refractivity contribution is 7.53. The molecule has 0 radical (unpaired) electrons. The molecule has 122 valence electrons. The van der Waals surface area contributed by atoms with E-state index >= 15 is 0 Å². The van der Waals surface area contributed by atoms with Gasteiger partial charge in [-0.05, 0) is 12.8 Å². The normalized spacial score (nSPS) is 16.9. The van der Waals surface area contributed by atoms with Crippen LogP contribution in [0.2, 0.25) is 0 Å². The van der Waals surface area contributed by atoms with Gasteiger partial charge >= 0.3 is 22.8 Å². The van der Waals surface area contributed by atoms with Gasteiger partial charge in [-0.2, -0.15) is 0 Å². The summed E-state index contributed by atoms with van der Waals surface area (Å²) in [6, 6.07) is 0. The van der Waals surface area contributed by atoms with E-state index < -0.39 is 46.8 Å². The monoisotopic (exact) mass is 355 g/mol. The van der Waals surface area contributed by atoms with Gasteiger partial charge in [0.25, 0.3) is 0 Å². The number of rotatable bonds is 9. The van der Waals surface area contributed by atoms with E-state index in [1.54, 1.807) is 0 Å². The predicted octanol–water partition coefficient (Wildman–Crippen LogP) is -0.396. The largest absolute Gasteiger partial charge is 0.342 e. The van der Waals surface area contributed by atoms with Crippen molar-refractivity contribution in [1.82, 2.24) is 5.32 Å². The zero-order valence-electron chi connectivity index (χ0n) is 10.7. The molecule has 0 aliphatic rings. The molecule has 0 bridgehead atoms. The quantitative estimate of drug-likeness (QED) is 0.268. The van der Waals surface area contributed by atoms with E-state index in [1.807, 2.05) is 0 Å². The molecule has 0 aliphatic carbocycles. The molecule has 10 nitrogen and oxygen atoms in total. The van der Waals surface area contributed by atoms with Gasteiger partial charge in [0.1, 0.15) is 5.78 Å². The molecule has 13 heteroatoms. The summed E-state index contributed by atoms with van der Waals surface area (Å²) in [7, 11) is -13.5. The molecule has 0 saturated carbocycles. The summed E-state index contributed by atoms with van der Waals surface area (Å²) in [5.74, 6) is -1.56. The average Bonchev–Trinajstić information content (AvgIpc) is 2.17. The Morgan fingerprint density at radius 1 is 0.950 bits per heavy atom. The second kappa shape index (κ2) is 7.61. The molecule has 2 atom stereocenters. The standard InChI is InChI=1S/C7H20NO9P3/c1-2-6(19(12,13)14)5-8-7(20(15,16)17)3-4-18(9,10)11/h6-8H,2-5H2,1H3,(H2,9,10,11)(H2,12,13,14)(H2,15,16,17). The minimum absolute atomic E-state index is 0.0870. The van der Waals surface area contributed by atoms with E-state index in [2.05, 4.69) is 5.32 Å². The minimum atomic E-state index is -4.69. The summed E-state index contributed by atoms with van der Waals surface area (Å²) < 4.78 is 33.0. The third kappa shape index (κ3) is 8.64. The lowest BCUT2D eigenvalue weighted by Crippen LogP contribution is -2.36. The van der Waals surface area contributed by atoms with E-state index in [1.165, 1.54) is 6.92 Å². The zero-order valence-corrected chi connectivity index (χ0v) is 13.4. The Labute approximate surface area is 116 Å². The Kier molecular flexibility index (Phi) is 7.76. The lowest BCUT2D eigenvalue weighted by atomic mass is 10.3. The Balaban J connectivity index is 4.72. The maximum absolute atomic E-state index is 11.2. The van der Waals surface area contributed by atoms with Crippen LogP contribution in [0.15, 0.2) is 0 Å². The summed E-state index contributed by atoms with van der Waals surface area (Å²) in [6.45, 7) is 1.14. The molecule has 20 heavy (non-hydrogen) atoms. The van der Waals surface area contributed by atoms with Crippen LogP contribution < -0.4 is 5.32 Å². The van der Waals surface area contributed by atoms with Gasteiger partial charge in [0.05, 0.1) is 11.8 Å². The number of hydrogen-bond acceptors (Lipinski definition) is 4. The van der Waals surface area contributed by atoms with E-state index in [9.17, 15) is 13.7 Å². The van der Waals surface area contributed by atoms with Crippen LogP contribution in [0.3, 0.4) is 0 Å². The molecule has 7 N–H and O–H groups in total. The fourth-order valence-electron chi connectivity index (χ4n) is 1.45. The van der Waals surface area contributed by atoms with Gasteiger partial charge in [-0.1, -0.05) is 6.92 Å². The molecular weight excluding hydrogens is 335 g/mol. The van der Waals surface area contributed by atoms with Crippen molar-refractivity contribution in [3.63, 3.8) is 0 Å². The topological polar surface area (TPSA) is 185 Å². The molecule has 0 aliphatic heterocycles. The third-order valence-corrected chi connectivity index (χ3v) is 6.23. The van der Waals surface area contributed by atoms with Crippen LogP contribution in [0.4, 0.5) is 0 Å². The summed E-state index contributed by atoms with van der Waals surface area (Å²) >= 11 is 0. The second-order valence-electron chi connectivity index (χ2n) is 4.34. The average molecular weight is 355 g/mol. The van der Waals surface area contributed by atoms with Gasteiger partial charge < -0.3 is 34.7 Å². The van der Waals surface area contributed by atoms with Gasteiger partial charge in [0.15, 0.2) is 0 Å². The van der Waals surface area contributed by atoms with Gasteiger partial charge in [-0.25, -0.2) is 0 Å². The highest BCUT2D eigenvalue weighted by Gasteiger charge is 2.33. The number of hydrogen-bond donors (Lipinski definition) is 7. The van der Waals surface area contributed by atoms with Gasteiger partial charge in [0.2, 0.25) is 0 Å². The molecule has 0 aromatic rings. The molecule has 2 unspecified atom stereocenters. The van der Waals surface area contributed by atoms with Gasteiger partial charge in [-0.15, -0.1) is 0 Å². The summed E-state index contributed by atoms with van der Waals surface area (Å²) in [5, 5.41) is 2.29. The van der Waals surface area contributed by atoms with Crippen molar-refractivity contribution in [2.24, 2.45) is 0 Å². The fourth-order valence-corrected chi connectivity index (χ4v) is 3.88. The van der Waals surface area contributed by atoms with E-state index in [4.69, 9.17) is 29.4 Å². The van der Waals surface area contributed by atoms with Crippen LogP contribution in [0.5, 0.6) is 0 Å². The van der Waals surface area contributed by atoms with Crippen molar-refractivity contribution >= 4 is 22.8 Å². The first-order valence-electron chi connectivity index (χ1n) is 5.65. The molecule has 0 fully saturated rings. The van der Waals surface area contributed by atoms with Crippen LogP contribution in [-0.4, -0.2) is 53.5 Å². The van der Waals surface area contributed by atoms with Crippen molar-refractivity contribution in [1.29, 1.82) is 0 Å². The molecule has 0 amide bonds. The minimum Gasteiger partial charge on any atom is -0.324 e. The Hall–Kier alpha value is 0.410. The van der Waals surface area contributed by atoms with Crippen LogP contribution in [0, 0.1) is 0 Å². The highest BCUT2D eigenvalue weighted by atomic mass is 31.2.